The number of ether oxygens (including phenoxy) is 1. The minimum Gasteiger partial charge on any atom is -0.458 e. The lowest BCUT2D eigenvalue weighted by Gasteiger charge is -2.71. The molecule has 0 saturated heterocycles. The van der Waals surface area contributed by atoms with Crippen molar-refractivity contribution in [1.29, 1.82) is 0 Å². The zero-order chi connectivity index (χ0) is 28.4. The molecule has 38 heavy (non-hydrogen) atoms. The van der Waals surface area contributed by atoms with E-state index in [-0.39, 0.29) is 45.9 Å². The summed E-state index contributed by atoms with van der Waals surface area (Å²) in [6.07, 6.45) is 8.09. The lowest BCUT2D eigenvalue weighted by Crippen LogP contribution is -2.69. The molecule has 0 aromatic rings. The average molecular weight is 527 g/mol. The highest BCUT2D eigenvalue weighted by Crippen LogP contribution is 2.75. The van der Waals surface area contributed by atoms with Gasteiger partial charge in [0.1, 0.15) is 6.10 Å². The van der Waals surface area contributed by atoms with Crippen molar-refractivity contribution in [2.75, 3.05) is 0 Å². The van der Waals surface area contributed by atoms with Crippen molar-refractivity contribution in [3.63, 3.8) is 0 Å². The minimum absolute atomic E-state index is 0.0931. The first-order chi connectivity index (χ1) is 17.6. The molecule has 0 aliphatic heterocycles. The first-order valence-electron chi connectivity index (χ1n) is 15.3. The monoisotopic (exact) mass is 526 g/mol. The maximum atomic E-state index is 13.1. The minimum atomic E-state index is -0.421. The Balaban J connectivity index is 1.85. The van der Waals surface area contributed by atoms with E-state index < -0.39 is 6.10 Å². The molecule has 0 radical (unpaired) electrons. The van der Waals surface area contributed by atoms with Crippen LogP contribution in [0.25, 0.3) is 0 Å². The molecule has 0 heterocycles. The largest absolute Gasteiger partial charge is 0.458 e. The fourth-order valence-electron chi connectivity index (χ4n) is 10.8. The van der Waals surface area contributed by atoms with Crippen molar-refractivity contribution in [2.45, 2.75) is 126 Å². The smallest absolute Gasteiger partial charge is 0.303 e. The van der Waals surface area contributed by atoms with Crippen LogP contribution < -0.4 is 0 Å². The van der Waals surface area contributed by atoms with Gasteiger partial charge in [-0.1, -0.05) is 53.2 Å². The van der Waals surface area contributed by atoms with Crippen molar-refractivity contribution < 1.29 is 19.4 Å². The molecular weight excluding hydrogens is 472 g/mol. The summed E-state index contributed by atoms with van der Waals surface area (Å²) in [7, 11) is 0. The fourth-order valence-corrected chi connectivity index (χ4v) is 10.8. The molecule has 1 N–H and O–H groups in total. The molecule has 4 fully saturated rings. The van der Waals surface area contributed by atoms with Crippen molar-refractivity contribution in [3.8, 4) is 0 Å². The van der Waals surface area contributed by atoms with Crippen LogP contribution in [0.5, 0.6) is 0 Å². The highest BCUT2D eigenvalue weighted by Gasteiger charge is 2.72. The number of carbonyl (C=O) groups excluding carboxylic acids is 2. The number of Topliss-reactive ketones (excluding diaryl/α,β-unsaturated/α-hetero) is 1. The summed E-state index contributed by atoms with van der Waals surface area (Å²) in [5, 5.41) is 12.3. The summed E-state index contributed by atoms with van der Waals surface area (Å²) in [5.74, 6) is 2.36. The Labute approximate surface area is 232 Å². The van der Waals surface area contributed by atoms with Gasteiger partial charge in [0, 0.05) is 12.3 Å². The van der Waals surface area contributed by atoms with Crippen LogP contribution in [0.3, 0.4) is 0 Å². The lowest BCUT2D eigenvalue weighted by molar-refractivity contribution is -0.263. The average Bonchev–Trinajstić information content (AvgIpc) is 3.09. The third-order valence-electron chi connectivity index (χ3n) is 12.7. The number of rotatable bonds is 5. The molecule has 0 amide bonds. The van der Waals surface area contributed by atoms with Crippen molar-refractivity contribution >= 4 is 11.8 Å². The second-order valence-electron chi connectivity index (χ2n) is 14.7. The van der Waals surface area contributed by atoms with Gasteiger partial charge in [-0.15, -0.1) is 0 Å². The van der Waals surface area contributed by atoms with E-state index in [1.807, 2.05) is 0 Å². The highest BCUT2D eigenvalue weighted by atomic mass is 16.5. The Bertz CT molecular complexity index is 1020. The van der Waals surface area contributed by atoms with Gasteiger partial charge < -0.3 is 9.84 Å². The predicted molar refractivity (Wildman–Crippen MR) is 153 cm³/mol. The zero-order valence-corrected chi connectivity index (χ0v) is 25.8. The third-order valence-corrected chi connectivity index (χ3v) is 12.7. The molecular formula is C34H54O4. The van der Waals surface area contributed by atoms with Gasteiger partial charge in [-0.05, 0) is 123 Å². The van der Waals surface area contributed by atoms with Crippen LogP contribution >= 0.6 is 0 Å². The molecule has 4 heteroatoms. The second-order valence-corrected chi connectivity index (χ2v) is 14.7. The van der Waals surface area contributed by atoms with Gasteiger partial charge in [0.2, 0.25) is 0 Å². The van der Waals surface area contributed by atoms with Gasteiger partial charge in [-0.2, -0.15) is 0 Å². The molecule has 4 aliphatic carbocycles. The molecule has 0 bridgehead atoms. The third kappa shape index (κ3) is 4.27. The van der Waals surface area contributed by atoms with Crippen LogP contribution in [-0.2, 0) is 14.3 Å². The molecule has 4 rings (SSSR count). The van der Waals surface area contributed by atoms with E-state index in [0.717, 1.165) is 30.4 Å². The summed E-state index contributed by atoms with van der Waals surface area (Å²) in [4.78, 5) is 25.5. The molecule has 4 saturated carbocycles. The number of hydrogen-bond donors (Lipinski definition) is 1. The topological polar surface area (TPSA) is 63.6 Å². The van der Waals surface area contributed by atoms with E-state index >= 15 is 0 Å². The molecule has 11 atom stereocenters. The number of esters is 1. The number of hydrogen-bond acceptors (Lipinski definition) is 4. The fraction of sp³-hybridized carbons (Fsp3) is 0.824. The Kier molecular flexibility index (Phi) is 7.94. The number of carbonyl (C=O) groups is 2. The van der Waals surface area contributed by atoms with Gasteiger partial charge in [-0.3, -0.25) is 9.59 Å². The number of allylic oxidation sites excluding steroid dienone is 3. The van der Waals surface area contributed by atoms with Crippen molar-refractivity contribution in [2.24, 2.45) is 51.8 Å². The van der Waals surface area contributed by atoms with E-state index in [4.69, 9.17) is 4.74 Å². The van der Waals surface area contributed by atoms with Gasteiger partial charge >= 0.3 is 5.97 Å². The molecule has 214 valence electrons. The Morgan fingerprint density at radius 2 is 1.66 bits per heavy atom. The number of ketones is 1. The maximum Gasteiger partial charge on any atom is 0.303 e. The van der Waals surface area contributed by atoms with Crippen LogP contribution in [0.2, 0.25) is 0 Å². The van der Waals surface area contributed by atoms with E-state index in [0.29, 0.717) is 36.5 Å². The highest BCUT2D eigenvalue weighted by molar-refractivity contribution is 5.94. The standard InChI is InChI=1S/C34H54O4/c1-19(2)12-11-13-25(23(6)35)29-26-14-15-28-32(8)17-16-20(3)21(4)30(32)22(5)31(37)34(28,10)33(26,9)18-27(29)38-24(7)36/h12,20-22,26-28,30-31,37H,11,13-18H2,1-10H3/b29-25-. The summed E-state index contributed by atoms with van der Waals surface area (Å²) < 4.78 is 6.04. The van der Waals surface area contributed by atoms with Crippen LogP contribution in [0.1, 0.15) is 114 Å². The first kappa shape index (κ1) is 29.6. The van der Waals surface area contributed by atoms with Crippen LogP contribution in [0.15, 0.2) is 22.8 Å². The first-order valence-corrected chi connectivity index (χ1v) is 15.3. The van der Waals surface area contributed by atoms with Gasteiger partial charge in [0.15, 0.2) is 5.78 Å². The van der Waals surface area contributed by atoms with E-state index in [2.05, 4.69) is 61.5 Å². The quantitative estimate of drug-likeness (QED) is 0.227. The number of aliphatic hydroxyl groups is 1. The second kappa shape index (κ2) is 10.2. The number of fused-ring (bicyclic) bond motifs is 5. The molecule has 0 spiro atoms. The summed E-state index contributed by atoms with van der Waals surface area (Å²) in [5.41, 5.74) is 2.78. The van der Waals surface area contributed by atoms with Gasteiger partial charge in [0.05, 0.1) is 6.10 Å². The molecule has 0 aromatic heterocycles. The summed E-state index contributed by atoms with van der Waals surface area (Å²) in [6, 6.07) is 0. The molecule has 4 aliphatic rings. The Morgan fingerprint density at radius 3 is 2.24 bits per heavy atom. The maximum absolute atomic E-state index is 13.1. The molecule has 11 unspecified atom stereocenters. The van der Waals surface area contributed by atoms with Crippen LogP contribution in [0.4, 0.5) is 0 Å². The van der Waals surface area contributed by atoms with Gasteiger partial charge in [-0.25, -0.2) is 0 Å². The van der Waals surface area contributed by atoms with E-state index in [9.17, 15) is 14.7 Å². The Hall–Kier alpha value is -1.42. The zero-order valence-electron chi connectivity index (χ0n) is 25.8. The SMILES string of the molecule is CC(=O)OC1CC2(C)C(CCC3C4(C)CCC(C)C(C)C4C(C)C(O)C32C)/C1=C(\CCC=C(C)C)C(C)=O. The van der Waals surface area contributed by atoms with E-state index in [1.165, 1.54) is 25.3 Å². The van der Waals surface area contributed by atoms with Gasteiger partial charge in [0.25, 0.3) is 0 Å². The summed E-state index contributed by atoms with van der Waals surface area (Å²) >= 11 is 0. The summed E-state index contributed by atoms with van der Waals surface area (Å²) in [6.45, 7) is 21.7. The van der Waals surface area contributed by atoms with Crippen molar-refractivity contribution in [3.05, 3.63) is 22.8 Å². The molecule has 4 nitrogen and oxygen atoms in total. The number of aliphatic hydroxyl groups excluding tert-OH is 1. The van der Waals surface area contributed by atoms with Crippen molar-refractivity contribution in [1.82, 2.24) is 0 Å². The normalized spacial score (nSPS) is 47.3. The predicted octanol–water partition coefficient (Wildman–Crippen LogP) is 7.69. The van der Waals surface area contributed by atoms with E-state index in [1.54, 1.807) is 6.92 Å². The van der Waals surface area contributed by atoms with Crippen LogP contribution in [0, 0.1) is 51.8 Å². The Morgan fingerprint density at radius 1 is 1.00 bits per heavy atom. The van der Waals surface area contributed by atoms with Crippen LogP contribution in [-0.4, -0.2) is 29.1 Å². The lowest BCUT2D eigenvalue weighted by atomic mass is 9.34. The molecule has 0 aromatic carbocycles.